The van der Waals surface area contributed by atoms with E-state index >= 15 is 0 Å². The number of likely N-dealkylation sites (tertiary alicyclic amines) is 1. The molecule has 8 heteroatoms. The van der Waals surface area contributed by atoms with Gasteiger partial charge < -0.3 is 25.8 Å². The Morgan fingerprint density at radius 2 is 1.50 bits per heavy atom. The third-order valence-corrected chi connectivity index (χ3v) is 6.66. The van der Waals surface area contributed by atoms with Gasteiger partial charge in [0, 0.05) is 36.0 Å². The molecule has 194 valence electrons. The molecule has 8 nitrogen and oxygen atoms in total. The van der Waals surface area contributed by atoms with Crippen LogP contribution < -0.4 is 16.2 Å². The highest BCUT2D eigenvalue weighted by atomic mass is 16.6. The van der Waals surface area contributed by atoms with Gasteiger partial charge in [0.25, 0.3) is 0 Å². The third kappa shape index (κ3) is 6.21. The topological polar surface area (TPSA) is 117 Å². The maximum atomic E-state index is 12.6. The number of benzene rings is 3. The largest absolute Gasteiger partial charge is 0.488 e. The van der Waals surface area contributed by atoms with Crippen LogP contribution >= 0.6 is 0 Å². The Hall–Kier alpha value is -4.59. The maximum absolute atomic E-state index is 12.6. The summed E-state index contributed by atoms with van der Waals surface area (Å²) in [4.78, 5) is 23.4. The molecule has 4 aromatic rings. The summed E-state index contributed by atoms with van der Waals surface area (Å²) in [6.45, 7) is 1.85. The van der Waals surface area contributed by atoms with Gasteiger partial charge in [-0.3, -0.25) is 0 Å². The molecule has 0 unspecified atom stereocenters. The number of nitrogens with two attached hydrogens (primary N) is 2. The standard InChI is InChI=1S/C30H31N5O3/c31-24-11-12-28(37-19-21-7-3-1-4-8-21)25(17-24)27-18-26(33-29(32)34-27)23-13-15-35(16-14-23)30(36)38-20-22-9-5-2-6-10-22/h1-12,17-18,23H,13-16,19-20,31H2,(H2,32,33,34). The normalized spacial score (nSPS) is 13.7. The number of carbonyl (C=O) groups excluding carboxylic acids is 1. The number of carbonyl (C=O) groups is 1. The van der Waals surface area contributed by atoms with Gasteiger partial charge in [0.15, 0.2) is 0 Å². The highest BCUT2D eigenvalue weighted by Crippen LogP contribution is 2.35. The summed E-state index contributed by atoms with van der Waals surface area (Å²) in [6, 6.07) is 27.1. The number of nitrogen functional groups attached to an aromatic ring is 2. The Morgan fingerprint density at radius 1 is 0.842 bits per heavy atom. The molecule has 1 aliphatic rings. The SMILES string of the molecule is Nc1ccc(OCc2ccccc2)c(-c2cc(C3CCN(C(=O)OCc4ccccc4)CC3)nc(N)n2)c1. The first-order valence-electron chi connectivity index (χ1n) is 12.7. The first-order chi connectivity index (χ1) is 18.5. The van der Waals surface area contributed by atoms with E-state index < -0.39 is 0 Å². The van der Waals surface area contributed by atoms with Crippen molar-refractivity contribution in [3.63, 3.8) is 0 Å². The lowest BCUT2D eigenvalue weighted by molar-refractivity contribution is 0.0868. The van der Waals surface area contributed by atoms with Crippen LogP contribution in [0.3, 0.4) is 0 Å². The van der Waals surface area contributed by atoms with Crippen molar-refractivity contribution in [3.05, 3.63) is 102 Å². The lowest BCUT2D eigenvalue weighted by atomic mass is 9.92. The lowest BCUT2D eigenvalue weighted by Gasteiger charge is -2.31. The number of nitrogens with zero attached hydrogens (tertiary/aromatic N) is 3. The number of ether oxygens (including phenoxy) is 2. The lowest BCUT2D eigenvalue weighted by Crippen LogP contribution is -2.38. The molecule has 0 saturated carbocycles. The predicted molar refractivity (Wildman–Crippen MR) is 147 cm³/mol. The first-order valence-corrected chi connectivity index (χ1v) is 12.7. The van der Waals surface area contributed by atoms with Crippen molar-refractivity contribution in [3.8, 4) is 17.0 Å². The van der Waals surface area contributed by atoms with Crippen molar-refractivity contribution in [1.29, 1.82) is 0 Å². The quantitative estimate of drug-likeness (QED) is 0.320. The molecule has 1 aliphatic heterocycles. The number of aromatic nitrogens is 2. The second-order valence-electron chi connectivity index (χ2n) is 9.37. The van der Waals surface area contributed by atoms with Gasteiger partial charge in [-0.1, -0.05) is 60.7 Å². The monoisotopic (exact) mass is 509 g/mol. The van der Waals surface area contributed by atoms with Crippen LogP contribution in [-0.2, 0) is 18.0 Å². The Kier molecular flexibility index (Phi) is 7.68. The minimum atomic E-state index is -0.296. The first kappa shape index (κ1) is 25.1. The second kappa shape index (κ2) is 11.6. The van der Waals surface area contributed by atoms with Crippen LogP contribution in [0.5, 0.6) is 5.75 Å². The number of rotatable bonds is 7. The van der Waals surface area contributed by atoms with Crippen molar-refractivity contribution in [2.45, 2.75) is 32.0 Å². The number of piperidine rings is 1. The van der Waals surface area contributed by atoms with Gasteiger partial charge in [0.05, 0.1) is 5.69 Å². The maximum Gasteiger partial charge on any atom is 0.410 e. The predicted octanol–water partition coefficient (Wildman–Crippen LogP) is 5.40. The Bertz CT molecular complexity index is 1370. The Labute approximate surface area is 222 Å². The van der Waals surface area contributed by atoms with Gasteiger partial charge in [-0.2, -0.15) is 0 Å². The molecule has 3 aromatic carbocycles. The second-order valence-corrected chi connectivity index (χ2v) is 9.37. The van der Waals surface area contributed by atoms with Crippen LogP contribution in [0.2, 0.25) is 0 Å². The van der Waals surface area contributed by atoms with E-state index in [9.17, 15) is 4.79 Å². The fourth-order valence-corrected chi connectivity index (χ4v) is 4.61. The molecule has 1 saturated heterocycles. The van der Waals surface area contributed by atoms with Gasteiger partial charge in [-0.25, -0.2) is 14.8 Å². The molecule has 0 radical (unpaired) electrons. The van der Waals surface area contributed by atoms with Gasteiger partial charge in [0.1, 0.15) is 19.0 Å². The fourth-order valence-electron chi connectivity index (χ4n) is 4.61. The summed E-state index contributed by atoms with van der Waals surface area (Å²) >= 11 is 0. The molecule has 1 aromatic heterocycles. The summed E-state index contributed by atoms with van der Waals surface area (Å²) in [5, 5.41) is 0. The van der Waals surface area contributed by atoms with Gasteiger partial charge >= 0.3 is 6.09 Å². The van der Waals surface area contributed by atoms with Crippen LogP contribution in [0.15, 0.2) is 84.9 Å². The summed E-state index contributed by atoms with van der Waals surface area (Å²) < 4.78 is 11.6. The zero-order chi connectivity index (χ0) is 26.3. The number of hydrogen-bond donors (Lipinski definition) is 2. The van der Waals surface area contributed by atoms with Crippen LogP contribution in [0.1, 0.15) is 35.6 Å². The molecule has 5 rings (SSSR count). The van der Waals surface area contributed by atoms with E-state index in [2.05, 4.69) is 9.97 Å². The molecule has 0 bridgehead atoms. The highest BCUT2D eigenvalue weighted by Gasteiger charge is 2.26. The highest BCUT2D eigenvalue weighted by molar-refractivity contribution is 5.72. The van der Waals surface area contributed by atoms with E-state index in [-0.39, 0.29) is 24.6 Å². The summed E-state index contributed by atoms with van der Waals surface area (Å²) in [5.74, 6) is 1.01. The van der Waals surface area contributed by atoms with E-state index in [4.69, 9.17) is 20.9 Å². The van der Waals surface area contributed by atoms with Crippen molar-refractivity contribution >= 4 is 17.7 Å². The fraction of sp³-hybridized carbons (Fsp3) is 0.233. The number of amides is 1. The zero-order valence-corrected chi connectivity index (χ0v) is 21.1. The molecule has 1 fully saturated rings. The molecule has 0 atom stereocenters. The number of hydrogen-bond acceptors (Lipinski definition) is 7. The molecule has 2 heterocycles. The van der Waals surface area contributed by atoms with Crippen LogP contribution in [0, 0.1) is 0 Å². The molecule has 0 aliphatic carbocycles. The third-order valence-electron chi connectivity index (χ3n) is 6.66. The summed E-state index contributed by atoms with van der Waals surface area (Å²) in [5.41, 5.74) is 17.2. The van der Waals surface area contributed by atoms with Crippen molar-refractivity contribution in [1.82, 2.24) is 14.9 Å². The summed E-state index contributed by atoms with van der Waals surface area (Å²) in [7, 11) is 0. The van der Waals surface area contributed by atoms with Gasteiger partial charge in [0.2, 0.25) is 5.95 Å². The van der Waals surface area contributed by atoms with Crippen LogP contribution in [-0.4, -0.2) is 34.1 Å². The zero-order valence-electron chi connectivity index (χ0n) is 21.1. The van der Waals surface area contributed by atoms with E-state index in [0.717, 1.165) is 35.2 Å². The smallest absolute Gasteiger partial charge is 0.410 e. The number of anilines is 2. The average Bonchev–Trinajstić information content (AvgIpc) is 2.96. The van der Waals surface area contributed by atoms with Crippen molar-refractivity contribution in [2.24, 2.45) is 0 Å². The summed E-state index contributed by atoms with van der Waals surface area (Å²) in [6.07, 6.45) is 1.21. The van der Waals surface area contributed by atoms with Crippen molar-refractivity contribution < 1.29 is 14.3 Å². The minimum Gasteiger partial charge on any atom is -0.488 e. The van der Waals surface area contributed by atoms with E-state index in [1.807, 2.05) is 84.9 Å². The average molecular weight is 510 g/mol. The van der Waals surface area contributed by atoms with Crippen molar-refractivity contribution in [2.75, 3.05) is 24.6 Å². The molecular formula is C30H31N5O3. The Balaban J connectivity index is 1.27. The molecular weight excluding hydrogens is 478 g/mol. The molecule has 4 N–H and O–H groups in total. The van der Waals surface area contributed by atoms with Crippen LogP contribution in [0.25, 0.3) is 11.3 Å². The molecule has 38 heavy (non-hydrogen) atoms. The minimum absolute atomic E-state index is 0.145. The molecule has 1 amide bonds. The molecule has 0 spiro atoms. The van der Waals surface area contributed by atoms with E-state index in [0.29, 0.717) is 36.8 Å². The van der Waals surface area contributed by atoms with Crippen LogP contribution in [0.4, 0.5) is 16.4 Å². The van der Waals surface area contributed by atoms with E-state index in [1.165, 1.54) is 0 Å². The van der Waals surface area contributed by atoms with Gasteiger partial charge in [-0.05, 0) is 48.2 Å². The van der Waals surface area contributed by atoms with Gasteiger partial charge in [-0.15, -0.1) is 0 Å². The van der Waals surface area contributed by atoms with E-state index in [1.54, 1.807) is 4.90 Å². The Morgan fingerprint density at radius 3 is 2.18 bits per heavy atom.